The monoisotopic (exact) mass is 270 g/mol. The van der Waals surface area contributed by atoms with Crippen LogP contribution in [-0.4, -0.2) is 24.0 Å². The minimum atomic E-state index is -0.906. The number of hydrogen-bond acceptors (Lipinski definition) is 3. The molecule has 0 aliphatic rings. The lowest BCUT2D eigenvalue weighted by molar-refractivity contribution is -0.137. The number of ketones is 1. The highest BCUT2D eigenvalue weighted by Gasteiger charge is 2.14. The maximum absolute atomic E-state index is 11.9. The Morgan fingerprint density at radius 1 is 1.33 bits per heavy atom. The molecule has 0 spiro atoms. The summed E-state index contributed by atoms with van der Waals surface area (Å²) in [6.45, 7) is 1.82. The smallest absolute Gasteiger partial charge is 0.303 e. The van der Waals surface area contributed by atoms with Crippen LogP contribution in [-0.2, 0) is 4.79 Å². The number of carboxylic acids is 1. The number of hydrogen-bond donors (Lipinski definition) is 1. The summed E-state index contributed by atoms with van der Waals surface area (Å²) in [6, 6.07) is 3.27. The molecule has 0 heterocycles. The number of ether oxygens (including phenoxy) is 1. The van der Waals surface area contributed by atoms with Gasteiger partial charge in [-0.1, -0.05) is 11.6 Å². The number of aryl methyl sites for hydroxylation is 1. The highest BCUT2D eigenvalue weighted by atomic mass is 35.5. The van der Waals surface area contributed by atoms with Gasteiger partial charge in [0.2, 0.25) is 0 Å². The second kappa shape index (κ2) is 6.40. The summed E-state index contributed by atoms with van der Waals surface area (Å²) in [7, 11) is 1.48. The Morgan fingerprint density at radius 3 is 2.56 bits per heavy atom. The van der Waals surface area contributed by atoms with E-state index in [0.29, 0.717) is 22.8 Å². The largest absolute Gasteiger partial charge is 0.496 e. The Balaban J connectivity index is 2.84. The van der Waals surface area contributed by atoms with Gasteiger partial charge in [-0.05, 0) is 31.0 Å². The van der Waals surface area contributed by atoms with E-state index in [1.54, 1.807) is 12.1 Å². The molecule has 1 aromatic rings. The van der Waals surface area contributed by atoms with E-state index in [4.69, 9.17) is 21.4 Å². The number of carbonyl (C=O) groups is 2. The van der Waals surface area contributed by atoms with Crippen molar-refractivity contribution in [1.82, 2.24) is 0 Å². The predicted octanol–water partition coefficient (Wildman–Crippen LogP) is 3.09. The van der Waals surface area contributed by atoms with Crippen LogP contribution in [0.25, 0.3) is 0 Å². The molecule has 0 aliphatic heterocycles. The standard InChI is InChI=1S/C13H15ClO4/c1-8-6-12(18-2)9(7-10(8)14)11(15)4-3-5-13(16)17/h6-7H,3-5H2,1-2H3,(H,16,17). The van der Waals surface area contributed by atoms with Crippen molar-refractivity contribution in [1.29, 1.82) is 0 Å². The van der Waals surface area contributed by atoms with Crippen molar-refractivity contribution in [3.63, 3.8) is 0 Å². The molecule has 1 aromatic carbocycles. The van der Waals surface area contributed by atoms with Gasteiger partial charge in [-0.25, -0.2) is 0 Å². The quantitative estimate of drug-likeness (QED) is 0.807. The molecule has 4 nitrogen and oxygen atoms in total. The van der Waals surface area contributed by atoms with E-state index in [1.165, 1.54) is 7.11 Å². The van der Waals surface area contributed by atoms with Gasteiger partial charge in [0.25, 0.3) is 0 Å². The molecule has 0 bridgehead atoms. The lowest BCUT2D eigenvalue weighted by Gasteiger charge is -2.09. The van der Waals surface area contributed by atoms with Crippen LogP contribution in [0.4, 0.5) is 0 Å². The fraction of sp³-hybridized carbons (Fsp3) is 0.385. The second-order valence-corrected chi connectivity index (χ2v) is 4.38. The van der Waals surface area contributed by atoms with Gasteiger partial charge in [0.15, 0.2) is 5.78 Å². The number of aliphatic carboxylic acids is 1. The summed E-state index contributed by atoms with van der Waals surface area (Å²) in [4.78, 5) is 22.3. The van der Waals surface area contributed by atoms with Crippen molar-refractivity contribution in [3.8, 4) is 5.75 Å². The molecule has 0 unspecified atom stereocenters. The molecule has 98 valence electrons. The Morgan fingerprint density at radius 2 is 2.00 bits per heavy atom. The Bertz CT molecular complexity index is 468. The zero-order valence-corrected chi connectivity index (χ0v) is 11.1. The molecular formula is C13H15ClO4. The molecule has 0 fully saturated rings. The van der Waals surface area contributed by atoms with E-state index in [1.807, 2.05) is 6.92 Å². The first-order valence-corrected chi connectivity index (χ1v) is 5.92. The first-order chi connectivity index (χ1) is 8.45. The third kappa shape index (κ3) is 3.74. The Hall–Kier alpha value is -1.55. The molecular weight excluding hydrogens is 256 g/mol. The van der Waals surface area contributed by atoms with Crippen molar-refractivity contribution < 1.29 is 19.4 Å². The Kier molecular flexibility index (Phi) is 5.16. The van der Waals surface area contributed by atoms with Crippen molar-refractivity contribution in [3.05, 3.63) is 28.3 Å². The van der Waals surface area contributed by atoms with Crippen LogP contribution in [0.3, 0.4) is 0 Å². The van der Waals surface area contributed by atoms with Crippen molar-refractivity contribution in [2.24, 2.45) is 0 Å². The van der Waals surface area contributed by atoms with Gasteiger partial charge in [0, 0.05) is 17.9 Å². The lowest BCUT2D eigenvalue weighted by atomic mass is 10.0. The van der Waals surface area contributed by atoms with Gasteiger partial charge in [-0.2, -0.15) is 0 Å². The molecule has 0 saturated heterocycles. The van der Waals surface area contributed by atoms with Gasteiger partial charge in [-0.3, -0.25) is 9.59 Å². The van der Waals surface area contributed by atoms with E-state index >= 15 is 0 Å². The summed E-state index contributed by atoms with van der Waals surface area (Å²) in [5, 5.41) is 9.02. The minimum Gasteiger partial charge on any atom is -0.496 e. The number of halogens is 1. The summed E-state index contributed by atoms with van der Waals surface area (Å²) >= 11 is 5.97. The fourth-order valence-electron chi connectivity index (χ4n) is 1.58. The van der Waals surface area contributed by atoms with E-state index in [2.05, 4.69) is 0 Å². The van der Waals surface area contributed by atoms with Gasteiger partial charge in [0.05, 0.1) is 12.7 Å². The minimum absolute atomic E-state index is 0.0202. The third-order valence-electron chi connectivity index (χ3n) is 2.58. The molecule has 0 amide bonds. The van der Waals surface area contributed by atoms with Gasteiger partial charge in [-0.15, -0.1) is 0 Å². The fourth-order valence-corrected chi connectivity index (χ4v) is 1.74. The van der Waals surface area contributed by atoms with Crippen molar-refractivity contribution in [2.45, 2.75) is 26.2 Å². The lowest BCUT2D eigenvalue weighted by Crippen LogP contribution is -2.04. The normalized spacial score (nSPS) is 10.2. The van der Waals surface area contributed by atoms with Crippen molar-refractivity contribution >= 4 is 23.4 Å². The molecule has 0 saturated carbocycles. The van der Waals surface area contributed by atoms with E-state index in [0.717, 1.165) is 5.56 Å². The molecule has 0 aliphatic carbocycles. The number of carbonyl (C=O) groups excluding carboxylic acids is 1. The van der Waals surface area contributed by atoms with Crippen LogP contribution in [0, 0.1) is 6.92 Å². The predicted molar refractivity (Wildman–Crippen MR) is 68.6 cm³/mol. The van der Waals surface area contributed by atoms with Crippen LogP contribution in [0.5, 0.6) is 5.75 Å². The molecule has 0 radical (unpaired) electrons. The van der Waals surface area contributed by atoms with Gasteiger partial charge in [0.1, 0.15) is 5.75 Å². The number of methoxy groups -OCH3 is 1. The first kappa shape index (κ1) is 14.5. The zero-order valence-electron chi connectivity index (χ0n) is 10.3. The molecule has 5 heteroatoms. The van der Waals surface area contributed by atoms with Crippen LogP contribution < -0.4 is 4.74 Å². The number of rotatable bonds is 6. The second-order valence-electron chi connectivity index (χ2n) is 3.97. The van der Waals surface area contributed by atoms with Crippen LogP contribution >= 0.6 is 11.6 Å². The maximum atomic E-state index is 11.9. The Labute approximate surface area is 111 Å². The van der Waals surface area contributed by atoms with E-state index in [9.17, 15) is 9.59 Å². The summed E-state index contributed by atoms with van der Waals surface area (Å²) in [5.74, 6) is -0.594. The zero-order chi connectivity index (χ0) is 13.7. The van der Waals surface area contributed by atoms with Crippen LogP contribution in [0.2, 0.25) is 5.02 Å². The number of Topliss-reactive ketones (excluding diaryl/α,β-unsaturated/α-hetero) is 1. The maximum Gasteiger partial charge on any atom is 0.303 e. The number of carboxylic acid groups (broad SMARTS) is 1. The summed E-state index contributed by atoms with van der Waals surface area (Å²) in [6.07, 6.45) is 0.457. The topological polar surface area (TPSA) is 63.6 Å². The molecule has 0 aromatic heterocycles. The van der Waals surface area contributed by atoms with E-state index in [-0.39, 0.29) is 18.6 Å². The van der Waals surface area contributed by atoms with Crippen molar-refractivity contribution in [2.75, 3.05) is 7.11 Å². The average molecular weight is 271 g/mol. The van der Waals surface area contributed by atoms with Crippen LogP contribution in [0.15, 0.2) is 12.1 Å². The first-order valence-electron chi connectivity index (χ1n) is 5.55. The average Bonchev–Trinajstić information content (AvgIpc) is 2.31. The SMILES string of the molecule is COc1cc(C)c(Cl)cc1C(=O)CCCC(=O)O. The molecule has 18 heavy (non-hydrogen) atoms. The number of benzene rings is 1. The summed E-state index contributed by atoms with van der Waals surface area (Å²) < 4.78 is 5.13. The van der Waals surface area contributed by atoms with Gasteiger partial charge >= 0.3 is 5.97 Å². The molecule has 0 atom stereocenters. The highest BCUT2D eigenvalue weighted by molar-refractivity contribution is 6.31. The van der Waals surface area contributed by atoms with Gasteiger partial charge < -0.3 is 9.84 Å². The molecule has 1 N–H and O–H groups in total. The van der Waals surface area contributed by atoms with E-state index < -0.39 is 5.97 Å². The molecule has 1 rings (SSSR count). The highest BCUT2D eigenvalue weighted by Crippen LogP contribution is 2.27. The van der Waals surface area contributed by atoms with Crippen LogP contribution in [0.1, 0.15) is 35.2 Å². The summed E-state index contributed by atoms with van der Waals surface area (Å²) in [5.41, 5.74) is 1.23. The third-order valence-corrected chi connectivity index (χ3v) is 2.98.